The van der Waals surface area contributed by atoms with E-state index < -0.39 is 5.60 Å². The monoisotopic (exact) mass is 220 g/mol. The predicted octanol–water partition coefficient (Wildman–Crippen LogP) is 3.02. The molecule has 0 aromatic heterocycles. The third kappa shape index (κ3) is 3.13. The van der Waals surface area contributed by atoms with E-state index in [1.165, 1.54) is 0 Å². The van der Waals surface area contributed by atoms with Crippen LogP contribution in [0.15, 0.2) is 36.4 Å². The minimum absolute atomic E-state index is 0.586. The third-order valence-electron chi connectivity index (χ3n) is 2.15. The molecule has 1 rings (SSSR count). The second-order valence-corrected chi connectivity index (χ2v) is 3.99. The standard InChI is InChI=1S/C13H13ClO/c1-10(2)13(3,15)9-8-11-6-4-5-7-12(11)14/h4-7,15H,1H2,2-3H3. The zero-order valence-corrected chi connectivity index (χ0v) is 9.60. The van der Waals surface area contributed by atoms with Gasteiger partial charge < -0.3 is 5.11 Å². The lowest BCUT2D eigenvalue weighted by atomic mass is 9.99. The molecule has 2 heteroatoms. The number of aliphatic hydroxyl groups is 1. The molecule has 15 heavy (non-hydrogen) atoms. The fourth-order valence-electron chi connectivity index (χ4n) is 0.858. The molecule has 0 radical (unpaired) electrons. The summed E-state index contributed by atoms with van der Waals surface area (Å²) in [5.41, 5.74) is 0.154. The topological polar surface area (TPSA) is 20.2 Å². The molecule has 0 saturated carbocycles. The normalized spacial score (nSPS) is 13.6. The fraction of sp³-hybridized carbons (Fsp3) is 0.231. The second kappa shape index (κ2) is 4.53. The van der Waals surface area contributed by atoms with Crippen LogP contribution in [0.4, 0.5) is 0 Å². The van der Waals surface area contributed by atoms with Gasteiger partial charge in [0, 0.05) is 5.56 Å². The van der Waals surface area contributed by atoms with Crippen molar-refractivity contribution in [1.82, 2.24) is 0 Å². The van der Waals surface area contributed by atoms with E-state index in [1.807, 2.05) is 18.2 Å². The molecule has 1 unspecified atom stereocenters. The van der Waals surface area contributed by atoms with Crippen molar-refractivity contribution in [2.75, 3.05) is 0 Å². The van der Waals surface area contributed by atoms with Crippen molar-refractivity contribution in [2.24, 2.45) is 0 Å². The zero-order chi connectivity index (χ0) is 11.5. The van der Waals surface area contributed by atoms with Crippen molar-refractivity contribution in [3.05, 3.63) is 47.0 Å². The Kier molecular flexibility index (Phi) is 3.57. The maximum Gasteiger partial charge on any atom is 0.144 e. The number of hydrogen-bond acceptors (Lipinski definition) is 1. The quantitative estimate of drug-likeness (QED) is 0.570. The Balaban J connectivity index is 3.02. The van der Waals surface area contributed by atoms with E-state index in [0.29, 0.717) is 16.2 Å². The van der Waals surface area contributed by atoms with E-state index in [2.05, 4.69) is 18.4 Å². The average molecular weight is 221 g/mol. The van der Waals surface area contributed by atoms with Gasteiger partial charge in [-0.15, -0.1) is 0 Å². The van der Waals surface area contributed by atoms with Crippen LogP contribution < -0.4 is 0 Å². The largest absolute Gasteiger partial charge is 0.374 e. The highest BCUT2D eigenvalue weighted by molar-refractivity contribution is 6.31. The first-order valence-corrected chi connectivity index (χ1v) is 4.97. The molecule has 0 bridgehead atoms. The minimum atomic E-state index is -1.17. The first-order valence-electron chi connectivity index (χ1n) is 4.59. The van der Waals surface area contributed by atoms with Crippen LogP contribution in [0.3, 0.4) is 0 Å². The van der Waals surface area contributed by atoms with Gasteiger partial charge in [-0.3, -0.25) is 0 Å². The number of benzene rings is 1. The molecular weight excluding hydrogens is 208 g/mol. The summed E-state index contributed by atoms with van der Waals surface area (Å²) in [6.45, 7) is 7.02. The van der Waals surface area contributed by atoms with Gasteiger partial charge in [0.2, 0.25) is 0 Å². The third-order valence-corrected chi connectivity index (χ3v) is 2.48. The summed E-state index contributed by atoms with van der Waals surface area (Å²) >= 11 is 5.93. The molecule has 1 aromatic carbocycles. The molecule has 0 aliphatic heterocycles. The van der Waals surface area contributed by atoms with Gasteiger partial charge in [0.1, 0.15) is 5.60 Å². The van der Waals surface area contributed by atoms with Crippen LogP contribution in [0, 0.1) is 11.8 Å². The summed E-state index contributed by atoms with van der Waals surface area (Å²) in [6.07, 6.45) is 0. The number of hydrogen-bond donors (Lipinski definition) is 1. The van der Waals surface area contributed by atoms with Crippen LogP contribution in [0.2, 0.25) is 5.02 Å². The molecule has 1 atom stereocenters. The highest BCUT2D eigenvalue weighted by atomic mass is 35.5. The highest BCUT2D eigenvalue weighted by Gasteiger charge is 2.16. The molecule has 0 fully saturated rings. The molecule has 78 valence electrons. The Morgan fingerprint density at radius 1 is 1.47 bits per heavy atom. The zero-order valence-electron chi connectivity index (χ0n) is 8.84. The summed E-state index contributed by atoms with van der Waals surface area (Å²) in [5.74, 6) is 5.58. The average Bonchev–Trinajstić information content (AvgIpc) is 2.16. The lowest BCUT2D eigenvalue weighted by molar-refractivity contribution is 0.161. The Morgan fingerprint density at radius 2 is 2.07 bits per heavy atom. The second-order valence-electron chi connectivity index (χ2n) is 3.58. The van der Waals surface area contributed by atoms with Gasteiger partial charge in [-0.25, -0.2) is 0 Å². The van der Waals surface area contributed by atoms with E-state index in [1.54, 1.807) is 19.9 Å². The van der Waals surface area contributed by atoms with Gasteiger partial charge in [0.05, 0.1) is 5.02 Å². The van der Waals surface area contributed by atoms with Gasteiger partial charge in [0.15, 0.2) is 0 Å². The summed E-state index contributed by atoms with van der Waals surface area (Å²) < 4.78 is 0. The number of halogens is 1. The summed E-state index contributed by atoms with van der Waals surface area (Å²) in [5, 5.41) is 10.4. The highest BCUT2D eigenvalue weighted by Crippen LogP contribution is 2.16. The lowest BCUT2D eigenvalue weighted by Crippen LogP contribution is -2.22. The van der Waals surface area contributed by atoms with Crippen LogP contribution in [0.25, 0.3) is 0 Å². The van der Waals surface area contributed by atoms with Crippen LogP contribution in [0.1, 0.15) is 19.4 Å². The SMILES string of the molecule is C=C(C)C(C)(O)C#Cc1ccccc1Cl. The van der Waals surface area contributed by atoms with Gasteiger partial charge >= 0.3 is 0 Å². The van der Waals surface area contributed by atoms with Crippen LogP contribution in [-0.4, -0.2) is 10.7 Å². The van der Waals surface area contributed by atoms with Crippen molar-refractivity contribution >= 4 is 11.6 Å². The van der Waals surface area contributed by atoms with Gasteiger partial charge in [-0.2, -0.15) is 0 Å². The molecule has 0 heterocycles. The summed E-state index contributed by atoms with van der Waals surface area (Å²) in [6, 6.07) is 7.26. The Morgan fingerprint density at radius 3 is 2.60 bits per heavy atom. The van der Waals surface area contributed by atoms with Crippen molar-refractivity contribution in [2.45, 2.75) is 19.4 Å². The molecule has 0 saturated heterocycles. The van der Waals surface area contributed by atoms with Crippen molar-refractivity contribution in [3.63, 3.8) is 0 Å². The van der Waals surface area contributed by atoms with Crippen molar-refractivity contribution in [1.29, 1.82) is 0 Å². The maximum atomic E-state index is 9.83. The predicted molar refractivity (Wildman–Crippen MR) is 63.8 cm³/mol. The molecule has 1 N–H and O–H groups in total. The molecule has 0 aliphatic carbocycles. The van der Waals surface area contributed by atoms with Crippen molar-refractivity contribution < 1.29 is 5.11 Å². The van der Waals surface area contributed by atoms with Gasteiger partial charge in [-0.1, -0.05) is 42.2 Å². The van der Waals surface area contributed by atoms with Gasteiger partial charge in [0.25, 0.3) is 0 Å². The fourth-order valence-corrected chi connectivity index (χ4v) is 1.04. The molecular formula is C13H13ClO. The Labute approximate surface area is 95.4 Å². The summed E-state index contributed by atoms with van der Waals surface area (Å²) in [4.78, 5) is 0. The van der Waals surface area contributed by atoms with Crippen LogP contribution >= 0.6 is 11.6 Å². The first kappa shape index (κ1) is 11.8. The smallest absolute Gasteiger partial charge is 0.144 e. The molecule has 1 aromatic rings. The summed E-state index contributed by atoms with van der Waals surface area (Å²) in [7, 11) is 0. The van der Waals surface area contributed by atoms with E-state index in [-0.39, 0.29) is 0 Å². The van der Waals surface area contributed by atoms with Gasteiger partial charge in [-0.05, 0) is 31.6 Å². The number of rotatable bonds is 1. The Hall–Kier alpha value is -1.23. The maximum absolute atomic E-state index is 9.83. The van der Waals surface area contributed by atoms with E-state index in [4.69, 9.17) is 11.6 Å². The van der Waals surface area contributed by atoms with E-state index >= 15 is 0 Å². The molecule has 0 amide bonds. The lowest BCUT2D eigenvalue weighted by Gasteiger charge is -2.15. The van der Waals surface area contributed by atoms with Crippen molar-refractivity contribution in [3.8, 4) is 11.8 Å². The Bertz CT molecular complexity index is 435. The minimum Gasteiger partial charge on any atom is -0.374 e. The van der Waals surface area contributed by atoms with E-state index in [9.17, 15) is 5.11 Å². The van der Waals surface area contributed by atoms with Crippen LogP contribution in [0.5, 0.6) is 0 Å². The molecule has 0 spiro atoms. The first-order chi connectivity index (χ1) is 6.93. The van der Waals surface area contributed by atoms with Crippen LogP contribution in [-0.2, 0) is 0 Å². The molecule has 0 aliphatic rings. The van der Waals surface area contributed by atoms with E-state index in [0.717, 1.165) is 0 Å². The molecule has 1 nitrogen and oxygen atoms in total.